The first-order valence-corrected chi connectivity index (χ1v) is 12.4. The topological polar surface area (TPSA) is 89.2 Å². The zero-order valence-corrected chi connectivity index (χ0v) is 22.6. The predicted octanol–water partition coefficient (Wildman–Crippen LogP) is 6.60. The maximum atomic E-state index is 14.6. The molecular formula is C28H26ClF5N6O. The predicted molar refractivity (Wildman–Crippen MR) is 149 cm³/mol. The van der Waals surface area contributed by atoms with Crippen LogP contribution in [0.15, 0.2) is 60.9 Å². The number of pyridine rings is 1. The summed E-state index contributed by atoms with van der Waals surface area (Å²) in [4.78, 5) is 14.9. The minimum Gasteiger partial charge on any atom is -0.496 e. The van der Waals surface area contributed by atoms with Gasteiger partial charge >= 0.3 is 6.18 Å². The molecule has 1 fully saturated rings. The highest BCUT2D eigenvalue weighted by Crippen LogP contribution is 2.39. The van der Waals surface area contributed by atoms with Crippen molar-refractivity contribution in [1.29, 1.82) is 0 Å². The smallest absolute Gasteiger partial charge is 0.419 e. The van der Waals surface area contributed by atoms with E-state index < -0.39 is 23.4 Å². The number of nitrogens with two attached hydrogens (primary N) is 1. The normalized spacial score (nSPS) is 15.3. The summed E-state index contributed by atoms with van der Waals surface area (Å²) in [5.41, 5.74) is 6.07. The lowest BCUT2D eigenvalue weighted by molar-refractivity contribution is -0.139. The molecule has 216 valence electrons. The minimum atomic E-state index is -4.85. The molecule has 0 amide bonds. The molecule has 5 rings (SSSR count). The van der Waals surface area contributed by atoms with Crippen molar-refractivity contribution >= 4 is 29.7 Å². The number of ether oxygens (including phenoxy) is 1. The third-order valence-electron chi connectivity index (χ3n) is 6.59. The minimum absolute atomic E-state index is 0. The fourth-order valence-corrected chi connectivity index (χ4v) is 4.71. The van der Waals surface area contributed by atoms with Gasteiger partial charge in [0.25, 0.3) is 0 Å². The quantitative estimate of drug-likeness (QED) is 0.244. The number of benzene rings is 2. The van der Waals surface area contributed by atoms with Gasteiger partial charge in [-0.1, -0.05) is 12.1 Å². The zero-order valence-electron chi connectivity index (χ0n) is 21.8. The van der Waals surface area contributed by atoms with Crippen molar-refractivity contribution in [3.8, 4) is 28.3 Å². The second-order valence-corrected chi connectivity index (χ2v) is 9.33. The highest BCUT2D eigenvalue weighted by atomic mass is 35.5. The maximum Gasteiger partial charge on any atom is 0.419 e. The molecule has 41 heavy (non-hydrogen) atoms. The summed E-state index contributed by atoms with van der Waals surface area (Å²) in [5.74, 6) is -0.917. The van der Waals surface area contributed by atoms with Crippen LogP contribution in [-0.4, -0.2) is 41.2 Å². The number of hydrogen-bond donors (Lipinski definition) is 2. The Hall–Kier alpha value is -4.03. The van der Waals surface area contributed by atoms with Gasteiger partial charge in [-0.25, -0.2) is 23.7 Å². The van der Waals surface area contributed by atoms with Crippen LogP contribution in [0.1, 0.15) is 18.4 Å². The molecule has 0 spiro atoms. The summed E-state index contributed by atoms with van der Waals surface area (Å²) in [6.07, 6.45) is -0.364. The highest BCUT2D eigenvalue weighted by Gasteiger charge is 2.34. The van der Waals surface area contributed by atoms with Gasteiger partial charge < -0.3 is 20.7 Å². The third kappa shape index (κ3) is 6.49. The Labute approximate surface area is 239 Å². The van der Waals surface area contributed by atoms with E-state index in [0.29, 0.717) is 36.0 Å². The molecule has 2 aromatic heterocycles. The standard InChI is InChI=1S/C28H25F5N6O.ClH/c1-40-23-6-2-5-21(30)26(23)27-35-10-9-24(38-27)37-25-13-22(39-11-3-4-17(34)15-39)18(14-36-25)16-7-8-20(29)19(12-16)28(31,32)33;/h2,5-10,12-14,17H,3-4,11,15,34H2,1H3,(H,35,36,37,38);1H/t17-;/m0./s1. The first-order chi connectivity index (χ1) is 19.1. The van der Waals surface area contributed by atoms with Crippen molar-refractivity contribution in [3.05, 3.63) is 78.1 Å². The molecule has 7 nitrogen and oxygen atoms in total. The Morgan fingerprint density at radius 1 is 1.02 bits per heavy atom. The fraction of sp³-hybridized carbons (Fsp3) is 0.250. The molecule has 0 unspecified atom stereocenters. The van der Waals surface area contributed by atoms with Crippen LogP contribution < -0.4 is 20.7 Å². The lowest BCUT2D eigenvalue weighted by Gasteiger charge is -2.34. The van der Waals surface area contributed by atoms with Gasteiger partial charge in [0.2, 0.25) is 0 Å². The lowest BCUT2D eigenvalue weighted by atomic mass is 9.99. The van der Waals surface area contributed by atoms with Crippen LogP contribution in [-0.2, 0) is 6.18 Å². The molecule has 0 saturated carbocycles. The Morgan fingerprint density at radius 2 is 1.83 bits per heavy atom. The second kappa shape index (κ2) is 12.2. The number of hydrogen-bond acceptors (Lipinski definition) is 7. The maximum absolute atomic E-state index is 14.6. The van der Waals surface area contributed by atoms with Crippen LogP contribution in [0.3, 0.4) is 0 Å². The average molecular weight is 593 g/mol. The van der Waals surface area contributed by atoms with Crippen molar-refractivity contribution in [1.82, 2.24) is 15.0 Å². The Kier molecular flexibility index (Phi) is 8.93. The van der Waals surface area contributed by atoms with Crippen LogP contribution in [0.25, 0.3) is 22.5 Å². The number of rotatable bonds is 6. The van der Waals surface area contributed by atoms with Crippen molar-refractivity contribution < 1.29 is 26.7 Å². The molecule has 4 aromatic rings. The second-order valence-electron chi connectivity index (χ2n) is 9.33. The number of piperidine rings is 1. The summed E-state index contributed by atoms with van der Waals surface area (Å²) in [6, 6.07) is 10.4. The molecular weight excluding hydrogens is 567 g/mol. The van der Waals surface area contributed by atoms with E-state index in [2.05, 4.69) is 20.3 Å². The summed E-state index contributed by atoms with van der Waals surface area (Å²) in [7, 11) is 1.42. The molecule has 13 heteroatoms. The number of nitrogens with one attached hydrogen (secondary N) is 1. The van der Waals surface area contributed by atoms with Gasteiger partial charge in [0.1, 0.15) is 29.0 Å². The summed E-state index contributed by atoms with van der Waals surface area (Å²) >= 11 is 0. The number of methoxy groups -OCH3 is 1. The lowest BCUT2D eigenvalue weighted by Crippen LogP contribution is -2.43. The molecule has 0 bridgehead atoms. The molecule has 0 aliphatic carbocycles. The molecule has 1 saturated heterocycles. The van der Waals surface area contributed by atoms with E-state index >= 15 is 0 Å². The first kappa shape index (κ1) is 29.9. The van der Waals surface area contributed by atoms with Crippen LogP contribution in [0.4, 0.5) is 39.3 Å². The highest BCUT2D eigenvalue weighted by molar-refractivity contribution is 5.85. The number of nitrogens with zero attached hydrogens (tertiary/aromatic N) is 4. The van der Waals surface area contributed by atoms with E-state index in [-0.39, 0.29) is 41.1 Å². The molecule has 1 aliphatic heterocycles. The molecule has 3 heterocycles. The van der Waals surface area contributed by atoms with Gasteiger partial charge in [0.05, 0.1) is 18.2 Å². The monoisotopic (exact) mass is 592 g/mol. The van der Waals surface area contributed by atoms with Crippen molar-refractivity contribution in [3.63, 3.8) is 0 Å². The van der Waals surface area contributed by atoms with Gasteiger partial charge in [0.15, 0.2) is 5.82 Å². The van der Waals surface area contributed by atoms with E-state index in [1.165, 1.54) is 37.7 Å². The number of anilines is 3. The van der Waals surface area contributed by atoms with E-state index in [9.17, 15) is 22.0 Å². The largest absolute Gasteiger partial charge is 0.496 e. The Morgan fingerprint density at radius 3 is 2.56 bits per heavy atom. The molecule has 1 aliphatic rings. The molecule has 1 atom stereocenters. The number of halogens is 6. The van der Waals surface area contributed by atoms with Crippen LogP contribution in [0.5, 0.6) is 5.75 Å². The van der Waals surface area contributed by atoms with Crippen molar-refractivity contribution in [2.45, 2.75) is 25.1 Å². The third-order valence-corrected chi connectivity index (χ3v) is 6.59. The number of aromatic nitrogens is 3. The first-order valence-electron chi connectivity index (χ1n) is 12.4. The van der Waals surface area contributed by atoms with Crippen LogP contribution >= 0.6 is 12.4 Å². The SMILES string of the molecule is COc1cccc(F)c1-c1nccc(Nc2cc(N3CCC[C@H](N)C3)c(-c3ccc(F)c(C(F)(F)F)c3)cn2)n1.Cl. The molecule has 3 N–H and O–H groups in total. The van der Waals surface area contributed by atoms with E-state index in [0.717, 1.165) is 25.0 Å². The fourth-order valence-electron chi connectivity index (χ4n) is 4.71. The van der Waals surface area contributed by atoms with Crippen LogP contribution in [0, 0.1) is 11.6 Å². The summed E-state index contributed by atoms with van der Waals surface area (Å²) < 4.78 is 74.2. The van der Waals surface area contributed by atoms with Gasteiger partial charge in [-0.2, -0.15) is 13.2 Å². The summed E-state index contributed by atoms with van der Waals surface area (Å²) in [6.45, 7) is 1.11. The number of alkyl halides is 3. The molecule has 0 radical (unpaired) electrons. The Balaban J connectivity index is 0.00000387. The average Bonchev–Trinajstić information content (AvgIpc) is 2.93. The summed E-state index contributed by atoms with van der Waals surface area (Å²) in [5, 5.41) is 3.06. The van der Waals surface area contributed by atoms with Gasteiger partial charge in [-0.15, -0.1) is 12.4 Å². The molecule has 2 aromatic carbocycles. The van der Waals surface area contributed by atoms with Gasteiger partial charge in [-0.3, -0.25) is 0 Å². The Bertz CT molecular complexity index is 1540. The van der Waals surface area contributed by atoms with E-state index in [1.54, 1.807) is 18.2 Å². The van der Waals surface area contributed by atoms with Crippen molar-refractivity contribution in [2.24, 2.45) is 5.73 Å². The van der Waals surface area contributed by atoms with E-state index in [1.807, 2.05) is 4.90 Å². The zero-order chi connectivity index (χ0) is 28.4. The van der Waals surface area contributed by atoms with Gasteiger partial charge in [-0.05, 0) is 48.7 Å². The van der Waals surface area contributed by atoms with E-state index in [4.69, 9.17) is 10.5 Å². The van der Waals surface area contributed by atoms with Crippen LogP contribution in [0.2, 0.25) is 0 Å². The van der Waals surface area contributed by atoms with Gasteiger partial charge in [0, 0.05) is 48.8 Å². The van der Waals surface area contributed by atoms with Crippen molar-refractivity contribution in [2.75, 3.05) is 30.4 Å².